The van der Waals surface area contributed by atoms with Crippen LogP contribution in [0.4, 0.5) is 11.5 Å². The molecular formula is C12H17N5O3. The average molecular weight is 279 g/mol. The first kappa shape index (κ1) is 14.2. The number of hydrogen-bond acceptors (Lipinski definition) is 6. The summed E-state index contributed by atoms with van der Waals surface area (Å²) in [6.45, 7) is 2.48. The summed E-state index contributed by atoms with van der Waals surface area (Å²) in [6.07, 6.45) is 1.87. The summed E-state index contributed by atoms with van der Waals surface area (Å²) < 4.78 is 0. The van der Waals surface area contributed by atoms with E-state index in [0.717, 1.165) is 0 Å². The lowest BCUT2D eigenvalue weighted by atomic mass is 10.2. The van der Waals surface area contributed by atoms with Crippen molar-refractivity contribution in [1.29, 1.82) is 0 Å². The van der Waals surface area contributed by atoms with Crippen molar-refractivity contribution in [2.45, 2.75) is 6.42 Å². The fourth-order valence-corrected chi connectivity index (χ4v) is 2.22. The van der Waals surface area contributed by atoms with Crippen molar-refractivity contribution in [2.24, 2.45) is 5.73 Å². The van der Waals surface area contributed by atoms with Crippen LogP contribution in [0.2, 0.25) is 0 Å². The first-order valence-corrected chi connectivity index (χ1v) is 6.45. The molecule has 1 saturated heterocycles. The molecule has 1 amide bonds. The highest BCUT2D eigenvalue weighted by Crippen LogP contribution is 2.25. The standard InChI is InChI=1S/C12H17N5O3/c13-4-3-11(18)15-6-8-16(9-7-15)12-10(17(19)20)2-1-5-14-12/h1-2,5H,3-4,6-9,13H2. The Balaban J connectivity index is 2.04. The fraction of sp³-hybridized carbons (Fsp3) is 0.500. The summed E-state index contributed by atoms with van der Waals surface area (Å²) in [5, 5.41) is 11.0. The predicted molar refractivity (Wildman–Crippen MR) is 73.4 cm³/mol. The fourth-order valence-electron chi connectivity index (χ4n) is 2.22. The number of aromatic nitrogens is 1. The molecule has 0 atom stereocenters. The van der Waals surface area contributed by atoms with Crippen molar-refractivity contribution in [3.8, 4) is 0 Å². The highest BCUT2D eigenvalue weighted by atomic mass is 16.6. The molecule has 8 heteroatoms. The Morgan fingerprint density at radius 2 is 2.10 bits per heavy atom. The Bertz CT molecular complexity index is 500. The maximum atomic E-state index is 11.7. The smallest absolute Gasteiger partial charge is 0.311 e. The summed E-state index contributed by atoms with van der Waals surface area (Å²) >= 11 is 0. The largest absolute Gasteiger partial charge is 0.347 e. The Labute approximate surface area is 116 Å². The van der Waals surface area contributed by atoms with E-state index in [4.69, 9.17) is 5.73 Å². The molecule has 0 saturated carbocycles. The number of rotatable bonds is 4. The van der Waals surface area contributed by atoms with Gasteiger partial charge in [-0.3, -0.25) is 14.9 Å². The summed E-state index contributed by atoms with van der Waals surface area (Å²) in [5.74, 6) is 0.395. The lowest BCUT2D eigenvalue weighted by Gasteiger charge is -2.35. The number of nitro groups is 1. The van der Waals surface area contributed by atoms with Gasteiger partial charge in [0, 0.05) is 51.4 Å². The zero-order chi connectivity index (χ0) is 14.5. The number of hydrogen-bond donors (Lipinski definition) is 1. The predicted octanol–water partition coefficient (Wildman–Crippen LogP) is -0.0128. The Kier molecular flexibility index (Phi) is 4.46. The molecule has 1 aromatic heterocycles. The number of pyridine rings is 1. The number of nitrogens with two attached hydrogens (primary N) is 1. The van der Waals surface area contributed by atoms with E-state index < -0.39 is 4.92 Å². The van der Waals surface area contributed by atoms with Gasteiger partial charge in [0.2, 0.25) is 11.7 Å². The van der Waals surface area contributed by atoms with Crippen molar-refractivity contribution in [1.82, 2.24) is 9.88 Å². The van der Waals surface area contributed by atoms with E-state index in [-0.39, 0.29) is 11.6 Å². The zero-order valence-corrected chi connectivity index (χ0v) is 11.1. The minimum Gasteiger partial charge on any atom is -0.347 e. The Hall–Kier alpha value is -2.22. The average Bonchev–Trinajstić information content (AvgIpc) is 2.47. The van der Waals surface area contributed by atoms with Crippen LogP contribution in [0.15, 0.2) is 18.3 Å². The van der Waals surface area contributed by atoms with Crippen molar-refractivity contribution in [2.75, 3.05) is 37.6 Å². The van der Waals surface area contributed by atoms with Crippen LogP contribution in [0, 0.1) is 10.1 Å². The summed E-state index contributed by atoms with van der Waals surface area (Å²) in [4.78, 5) is 29.9. The van der Waals surface area contributed by atoms with Crippen molar-refractivity contribution in [3.63, 3.8) is 0 Å². The van der Waals surface area contributed by atoms with Crippen LogP contribution in [-0.2, 0) is 4.79 Å². The third-order valence-corrected chi connectivity index (χ3v) is 3.25. The molecular weight excluding hydrogens is 262 g/mol. The second-order valence-corrected chi connectivity index (χ2v) is 4.51. The van der Waals surface area contributed by atoms with Crippen molar-refractivity contribution >= 4 is 17.4 Å². The van der Waals surface area contributed by atoms with Gasteiger partial charge in [0.1, 0.15) is 0 Å². The maximum Gasteiger partial charge on any atom is 0.311 e. The van der Waals surface area contributed by atoms with Gasteiger partial charge < -0.3 is 15.5 Å². The summed E-state index contributed by atoms with van der Waals surface area (Å²) in [7, 11) is 0. The van der Waals surface area contributed by atoms with Crippen molar-refractivity contribution in [3.05, 3.63) is 28.4 Å². The quantitative estimate of drug-likeness (QED) is 0.613. The SMILES string of the molecule is NCCC(=O)N1CCN(c2ncccc2[N+](=O)[O-])CC1. The maximum absolute atomic E-state index is 11.7. The van der Waals surface area contributed by atoms with Crippen molar-refractivity contribution < 1.29 is 9.72 Å². The van der Waals surface area contributed by atoms with Crippen LogP contribution in [0.3, 0.4) is 0 Å². The molecule has 0 aliphatic carbocycles. The number of carbonyl (C=O) groups is 1. The molecule has 2 N–H and O–H groups in total. The molecule has 0 aromatic carbocycles. The van der Waals surface area contributed by atoms with Crippen LogP contribution < -0.4 is 10.6 Å². The van der Waals surface area contributed by atoms with Gasteiger partial charge >= 0.3 is 5.69 Å². The van der Waals surface area contributed by atoms with E-state index in [1.54, 1.807) is 11.0 Å². The second-order valence-electron chi connectivity index (χ2n) is 4.51. The van der Waals surface area contributed by atoms with E-state index in [0.29, 0.717) is 45.0 Å². The minimum atomic E-state index is -0.436. The number of anilines is 1. The van der Waals surface area contributed by atoms with Crippen LogP contribution in [-0.4, -0.2) is 53.4 Å². The van der Waals surface area contributed by atoms with Crippen LogP contribution in [0.5, 0.6) is 0 Å². The van der Waals surface area contributed by atoms with Gasteiger partial charge in [-0.1, -0.05) is 0 Å². The van der Waals surface area contributed by atoms with Crippen LogP contribution >= 0.6 is 0 Å². The van der Waals surface area contributed by atoms with E-state index in [2.05, 4.69) is 4.98 Å². The third kappa shape index (κ3) is 3.02. The normalized spacial score (nSPS) is 15.2. The molecule has 1 fully saturated rings. The van der Waals surface area contributed by atoms with Gasteiger partial charge in [-0.05, 0) is 6.07 Å². The molecule has 8 nitrogen and oxygen atoms in total. The summed E-state index contributed by atoms with van der Waals surface area (Å²) in [6, 6.07) is 2.98. The first-order valence-electron chi connectivity index (χ1n) is 6.45. The van der Waals surface area contributed by atoms with Gasteiger partial charge in [-0.25, -0.2) is 4.98 Å². The molecule has 1 aromatic rings. The van der Waals surface area contributed by atoms with E-state index >= 15 is 0 Å². The van der Waals surface area contributed by atoms with E-state index in [1.165, 1.54) is 12.3 Å². The summed E-state index contributed by atoms with van der Waals surface area (Å²) in [5.41, 5.74) is 5.36. The molecule has 0 unspecified atom stereocenters. The Morgan fingerprint density at radius 3 is 2.70 bits per heavy atom. The highest BCUT2D eigenvalue weighted by Gasteiger charge is 2.26. The number of piperazine rings is 1. The number of carbonyl (C=O) groups excluding carboxylic acids is 1. The van der Waals surface area contributed by atoms with E-state index in [9.17, 15) is 14.9 Å². The molecule has 2 heterocycles. The van der Waals surface area contributed by atoms with E-state index in [1.807, 2.05) is 4.90 Å². The number of amides is 1. The zero-order valence-electron chi connectivity index (χ0n) is 11.1. The monoisotopic (exact) mass is 279 g/mol. The van der Waals surface area contributed by atoms with Gasteiger partial charge in [0.15, 0.2) is 0 Å². The first-order chi connectivity index (χ1) is 9.63. The minimum absolute atomic E-state index is 0.00534. The van der Waals surface area contributed by atoms with Gasteiger partial charge in [-0.2, -0.15) is 0 Å². The van der Waals surface area contributed by atoms with Gasteiger partial charge in [0.25, 0.3) is 0 Å². The van der Waals surface area contributed by atoms with Crippen LogP contribution in [0.1, 0.15) is 6.42 Å². The second kappa shape index (κ2) is 6.29. The molecule has 1 aliphatic heterocycles. The Morgan fingerprint density at radius 1 is 1.40 bits per heavy atom. The molecule has 20 heavy (non-hydrogen) atoms. The molecule has 0 spiro atoms. The molecule has 0 bridgehead atoms. The third-order valence-electron chi connectivity index (χ3n) is 3.25. The lowest BCUT2D eigenvalue weighted by Crippen LogP contribution is -2.49. The molecule has 1 aliphatic rings. The molecule has 2 rings (SSSR count). The molecule has 108 valence electrons. The molecule has 0 radical (unpaired) electrons. The number of nitrogens with zero attached hydrogens (tertiary/aromatic N) is 4. The van der Waals surface area contributed by atoms with Crippen LogP contribution in [0.25, 0.3) is 0 Å². The highest BCUT2D eigenvalue weighted by molar-refractivity contribution is 5.76. The lowest BCUT2D eigenvalue weighted by molar-refractivity contribution is -0.384. The van der Waals surface area contributed by atoms with Gasteiger partial charge in [0.05, 0.1) is 4.92 Å². The van der Waals surface area contributed by atoms with Gasteiger partial charge in [-0.15, -0.1) is 0 Å². The topological polar surface area (TPSA) is 106 Å².